The molecule has 2 aromatic rings. The summed E-state index contributed by atoms with van der Waals surface area (Å²) >= 11 is 0. The van der Waals surface area contributed by atoms with Crippen molar-refractivity contribution in [3.8, 4) is 11.5 Å². The minimum absolute atomic E-state index is 0.0279. The summed E-state index contributed by atoms with van der Waals surface area (Å²) in [6, 6.07) is 4.98. The van der Waals surface area contributed by atoms with Crippen LogP contribution in [0.3, 0.4) is 0 Å². The number of carboxylic acid groups (broad SMARTS) is 1. The van der Waals surface area contributed by atoms with Gasteiger partial charge in [0.2, 0.25) is 0 Å². The molecule has 0 aliphatic carbocycles. The predicted octanol–water partition coefficient (Wildman–Crippen LogP) is 4.11. The van der Waals surface area contributed by atoms with Gasteiger partial charge in [0.05, 0.1) is 18.5 Å². The summed E-state index contributed by atoms with van der Waals surface area (Å²) in [6.07, 6.45) is -2.59. The number of rotatable bonds is 6. The summed E-state index contributed by atoms with van der Waals surface area (Å²) < 4.78 is 57.0. The number of anilines is 2. The molecule has 0 bridgehead atoms. The van der Waals surface area contributed by atoms with E-state index in [0.717, 1.165) is 68.5 Å². The molecule has 9 nitrogen and oxygen atoms in total. The lowest BCUT2D eigenvalue weighted by Gasteiger charge is -2.35. The number of methoxy groups -OCH3 is 1. The number of aliphatic carboxylic acids is 1. The van der Waals surface area contributed by atoms with Crippen molar-refractivity contribution in [1.82, 2.24) is 14.9 Å². The molecule has 2 aliphatic heterocycles. The van der Waals surface area contributed by atoms with Crippen molar-refractivity contribution >= 4 is 17.6 Å². The number of halogens is 4. The summed E-state index contributed by atoms with van der Waals surface area (Å²) in [4.78, 5) is 23.4. The van der Waals surface area contributed by atoms with E-state index >= 15 is 0 Å². The zero-order valence-electron chi connectivity index (χ0n) is 21.8. The smallest absolute Gasteiger partial charge is 0.490 e. The number of carboxylic acids is 1. The quantitative estimate of drug-likeness (QED) is 0.522. The van der Waals surface area contributed by atoms with Crippen LogP contribution in [-0.2, 0) is 17.8 Å². The molecule has 210 valence electrons. The van der Waals surface area contributed by atoms with E-state index in [1.165, 1.54) is 13.2 Å². The minimum atomic E-state index is -5.08. The van der Waals surface area contributed by atoms with Gasteiger partial charge >= 0.3 is 12.1 Å². The van der Waals surface area contributed by atoms with E-state index in [4.69, 9.17) is 29.3 Å². The average molecular weight is 544 g/mol. The van der Waals surface area contributed by atoms with E-state index in [0.29, 0.717) is 5.75 Å². The van der Waals surface area contributed by atoms with E-state index in [1.807, 2.05) is 0 Å². The van der Waals surface area contributed by atoms with Gasteiger partial charge in [0, 0.05) is 57.5 Å². The van der Waals surface area contributed by atoms with E-state index in [2.05, 4.69) is 36.0 Å². The Morgan fingerprint density at radius 1 is 1.16 bits per heavy atom. The molecule has 1 saturated heterocycles. The van der Waals surface area contributed by atoms with Crippen molar-refractivity contribution in [2.75, 3.05) is 44.0 Å². The van der Waals surface area contributed by atoms with Crippen molar-refractivity contribution in [1.29, 1.82) is 0 Å². The summed E-state index contributed by atoms with van der Waals surface area (Å²) in [5.74, 6) is -0.611. The SMILES string of the molecule is COc1ccc(OC2CCN(c3nc4c(nc3NC(C)C)CN(C)CC4)CC2)c(F)c1.O=C(O)C(F)(F)F. The molecule has 4 rings (SSSR count). The first kappa shape index (κ1) is 29.2. The Labute approximate surface area is 218 Å². The number of likely N-dealkylation sites (N-methyl/N-ethyl adjacent to an activating group) is 1. The Morgan fingerprint density at radius 2 is 1.82 bits per heavy atom. The molecular formula is C25H33F4N5O4. The summed E-state index contributed by atoms with van der Waals surface area (Å²) in [7, 11) is 3.64. The summed E-state index contributed by atoms with van der Waals surface area (Å²) in [6.45, 7) is 7.65. The second-order valence-electron chi connectivity index (χ2n) is 9.48. The number of hydrogen-bond acceptors (Lipinski definition) is 8. The van der Waals surface area contributed by atoms with Crippen LogP contribution in [0, 0.1) is 5.82 Å². The number of alkyl halides is 3. The topological polar surface area (TPSA) is 100 Å². The van der Waals surface area contributed by atoms with Crippen molar-refractivity contribution in [3.05, 3.63) is 35.4 Å². The molecule has 38 heavy (non-hydrogen) atoms. The predicted molar refractivity (Wildman–Crippen MR) is 133 cm³/mol. The van der Waals surface area contributed by atoms with E-state index < -0.39 is 18.0 Å². The maximum atomic E-state index is 14.3. The number of hydrogen-bond donors (Lipinski definition) is 2. The summed E-state index contributed by atoms with van der Waals surface area (Å²) in [5.41, 5.74) is 2.16. The molecular weight excluding hydrogens is 510 g/mol. The lowest BCUT2D eigenvalue weighted by atomic mass is 10.1. The van der Waals surface area contributed by atoms with E-state index in [1.54, 1.807) is 12.1 Å². The highest BCUT2D eigenvalue weighted by atomic mass is 19.4. The average Bonchev–Trinajstić information content (AvgIpc) is 2.85. The Morgan fingerprint density at radius 3 is 2.37 bits per heavy atom. The molecule has 3 heterocycles. The molecule has 0 spiro atoms. The van der Waals surface area contributed by atoms with Crippen molar-refractivity contribution in [3.63, 3.8) is 0 Å². The van der Waals surface area contributed by atoms with Crippen molar-refractivity contribution < 1.29 is 36.9 Å². The van der Waals surface area contributed by atoms with Crippen molar-refractivity contribution in [2.24, 2.45) is 0 Å². The fraction of sp³-hybridized carbons (Fsp3) is 0.560. The lowest BCUT2D eigenvalue weighted by Crippen LogP contribution is -2.40. The number of nitrogens with one attached hydrogen (secondary N) is 1. The number of benzene rings is 1. The third kappa shape index (κ3) is 7.83. The van der Waals surface area contributed by atoms with Gasteiger partial charge in [-0.05, 0) is 33.0 Å². The van der Waals surface area contributed by atoms with Gasteiger partial charge in [-0.1, -0.05) is 0 Å². The highest BCUT2D eigenvalue weighted by Crippen LogP contribution is 2.31. The largest absolute Gasteiger partial charge is 0.497 e. The first-order chi connectivity index (χ1) is 17.9. The van der Waals surface area contributed by atoms with Gasteiger partial charge in [-0.3, -0.25) is 0 Å². The maximum absolute atomic E-state index is 14.3. The molecule has 0 saturated carbocycles. The van der Waals surface area contributed by atoms with Crippen LogP contribution in [0.25, 0.3) is 0 Å². The molecule has 0 unspecified atom stereocenters. The molecule has 2 N–H and O–H groups in total. The van der Waals surface area contributed by atoms with Crippen LogP contribution in [0.5, 0.6) is 11.5 Å². The number of fused-ring (bicyclic) bond motifs is 1. The third-order valence-corrected chi connectivity index (χ3v) is 6.02. The van der Waals surface area contributed by atoms with Gasteiger partial charge in [-0.15, -0.1) is 0 Å². The zero-order chi connectivity index (χ0) is 28.0. The Bertz CT molecular complexity index is 1110. The zero-order valence-corrected chi connectivity index (χ0v) is 21.8. The number of ether oxygens (including phenoxy) is 2. The van der Waals surface area contributed by atoms with Gasteiger partial charge in [0.25, 0.3) is 0 Å². The fourth-order valence-corrected chi connectivity index (χ4v) is 4.11. The lowest BCUT2D eigenvalue weighted by molar-refractivity contribution is -0.192. The van der Waals surface area contributed by atoms with Gasteiger partial charge in [-0.25, -0.2) is 19.2 Å². The van der Waals surface area contributed by atoms with Crippen LogP contribution < -0.4 is 19.7 Å². The molecule has 2 aliphatic rings. The second-order valence-corrected chi connectivity index (χ2v) is 9.48. The number of aromatic nitrogens is 2. The number of piperidine rings is 1. The molecule has 0 atom stereocenters. The fourth-order valence-electron chi connectivity index (χ4n) is 4.11. The molecule has 0 amide bonds. The Kier molecular flexibility index (Phi) is 9.58. The third-order valence-electron chi connectivity index (χ3n) is 6.02. The summed E-state index contributed by atoms with van der Waals surface area (Å²) in [5, 5.41) is 10.6. The highest BCUT2D eigenvalue weighted by Gasteiger charge is 2.38. The van der Waals surface area contributed by atoms with Gasteiger partial charge in [-0.2, -0.15) is 13.2 Å². The molecule has 1 aromatic carbocycles. The van der Waals surface area contributed by atoms with Crippen molar-refractivity contribution in [2.45, 2.75) is 58.0 Å². The number of carbonyl (C=O) groups is 1. The Hall–Kier alpha value is -3.35. The maximum Gasteiger partial charge on any atom is 0.490 e. The molecule has 13 heteroatoms. The Balaban J connectivity index is 0.000000505. The van der Waals surface area contributed by atoms with Crippen LogP contribution in [0.1, 0.15) is 38.1 Å². The van der Waals surface area contributed by atoms with Gasteiger partial charge in [0.1, 0.15) is 11.9 Å². The van der Waals surface area contributed by atoms with Gasteiger partial charge < -0.3 is 29.7 Å². The van der Waals surface area contributed by atoms with Crippen LogP contribution in [0.15, 0.2) is 18.2 Å². The normalized spacial score (nSPS) is 16.4. The van der Waals surface area contributed by atoms with Crippen LogP contribution in [0.4, 0.5) is 29.2 Å². The first-order valence-electron chi connectivity index (χ1n) is 12.3. The van der Waals surface area contributed by atoms with Gasteiger partial charge in [0.15, 0.2) is 23.2 Å². The molecule has 0 radical (unpaired) electrons. The molecule has 1 aromatic heterocycles. The van der Waals surface area contributed by atoms with Crippen LogP contribution in [0.2, 0.25) is 0 Å². The van der Waals surface area contributed by atoms with E-state index in [9.17, 15) is 17.6 Å². The van der Waals surface area contributed by atoms with Crippen LogP contribution in [-0.4, -0.2) is 78.1 Å². The second kappa shape index (κ2) is 12.5. The first-order valence-corrected chi connectivity index (χ1v) is 12.3. The standard InChI is InChI=1S/C23H32FN5O2.C2HF3O2/c1-15(2)25-22-23(27-19-9-10-28(3)14-20(19)26-22)29-11-7-16(8-12-29)31-21-6-5-17(30-4)13-18(21)24;3-2(4,5)1(6)7/h5-6,13,15-16H,7-12,14H2,1-4H3,(H,25,26);(H,6,7). The minimum Gasteiger partial charge on any atom is -0.497 e. The van der Waals surface area contributed by atoms with Crippen LogP contribution >= 0.6 is 0 Å². The molecule has 1 fully saturated rings. The van der Waals surface area contributed by atoms with E-state index in [-0.39, 0.29) is 17.9 Å². The highest BCUT2D eigenvalue weighted by molar-refractivity contribution is 5.73. The number of nitrogens with zero attached hydrogens (tertiary/aromatic N) is 4. The monoisotopic (exact) mass is 543 g/mol.